The number of aromatic amines is 1. The van der Waals surface area contributed by atoms with Crippen LogP contribution in [0.4, 0.5) is 0 Å². The number of aromatic nitrogens is 3. The fourth-order valence-corrected chi connectivity index (χ4v) is 6.96. The second kappa shape index (κ2) is 11.2. The van der Waals surface area contributed by atoms with Gasteiger partial charge in [-0.05, 0) is 83.9 Å². The lowest BCUT2D eigenvalue weighted by molar-refractivity contribution is -0.0986. The lowest BCUT2D eigenvalue weighted by Crippen LogP contribution is -2.51. The van der Waals surface area contributed by atoms with Gasteiger partial charge in [0.15, 0.2) is 0 Å². The number of thioether (sulfide) groups is 1. The summed E-state index contributed by atoms with van der Waals surface area (Å²) >= 11 is 1.51. The van der Waals surface area contributed by atoms with Crippen LogP contribution in [0.2, 0.25) is 0 Å². The van der Waals surface area contributed by atoms with E-state index in [1.54, 1.807) is 6.20 Å². The zero-order chi connectivity index (χ0) is 27.0. The quantitative estimate of drug-likeness (QED) is 0.413. The molecule has 0 bridgehead atoms. The van der Waals surface area contributed by atoms with Crippen LogP contribution in [0.3, 0.4) is 0 Å². The fourth-order valence-electron chi connectivity index (χ4n) is 6.25. The first-order valence-electron chi connectivity index (χ1n) is 13.6. The Bertz CT molecular complexity index is 1370. The largest absolute Gasteiger partial charge is 0.372 e. The number of aryl methyl sites for hydroxylation is 1. The second-order valence-electron chi connectivity index (χ2n) is 11.0. The van der Waals surface area contributed by atoms with Gasteiger partial charge in [-0.1, -0.05) is 0 Å². The number of hydrogen-bond donors (Lipinski definition) is 2. The molecule has 0 aromatic carbocycles. The zero-order valence-corrected chi connectivity index (χ0v) is 23.9. The fraction of sp³-hybridized carbons (Fsp3) is 0.552. The summed E-state index contributed by atoms with van der Waals surface area (Å²) in [5.74, 6) is 0.322. The average Bonchev–Trinajstić information content (AvgIpc) is 3.18. The average molecular weight is 538 g/mol. The van der Waals surface area contributed by atoms with Crippen LogP contribution < -0.4 is 10.9 Å². The topological polar surface area (TPSA) is 92.2 Å². The first-order chi connectivity index (χ1) is 18.3. The molecule has 2 N–H and O–H groups in total. The standard InChI is InChI=1S/C29H39N5O3S/c1-17-13-25(38-5)24(28(35)32-17)14-31-29(36)26-19(3)34(27-23(26)7-6-12-30-27)18(2)20-8-10-21(11-9-20)37-22-15-33(4)16-22/h6-7,12-13,18,20-22H,8-11,14-16H2,1-5H3,(H,31,36)(H,32,35)/t18-,20?,21?/m1/s1. The van der Waals surface area contributed by atoms with Crippen LogP contribution in [-0.2, 0) is 11.3 Å². The first-order valence-corrected chi connectivity index (χ1v) is 14.8. The van der Waals surface area contributed by atoms with Crippen LogP contribution >= 0.6 is 11.8 Å². The maximum atomic E-state index is 13.6. The van der Waals surface area contributed by atoms with Gasteiger partial charge in [-0.15, -0.1) is 11.8 Å². The summed E-state index contributed by atoms with van der Waals surface area (Å²) in [6, 6.07) is 6.01. The molecule has 204 valence electrons. The van der Waals surface area contributed by atoms with Gasteiger partial charge in [0.05, 0.1) is 17.8 Å². The molecule has 1 saturated carbocycles. The molecule has 38 heavy (non-hydrogen) atoms. The molecule has 0 radical (unpaired) electrons. The van der Waals surface area contributed by atoms with Gasteiger partial charge in [0.2, 0.25) is 0 Å². The maximum absolute atomic E-state index is 13.6. The number of carbonyl (C=O) groups is 1. The minimum atomic E-state index is -0.180. The van der Waals surface area contributed by atoms with Crippen LogP contribution in [-0.4, -0.2) is 63.9 Å². The number of carbonyl (C=O) groups excluding carboxylic acids is 1. The summed E-state index contributed by atoms with van der Waals surface area (Å²) in [6.07, 6.45) is 8.86. The molecule has 5 rings (SSSR count). The van der Waals surface area contributed by atoms with Crippen molar-refractivity contribution in [2.45, 2.75) is 76.1 Å². The lowest BCUT2D eigenvalue weighted by Gasteiger charge is -2.40. The minimum Gasteiger partial charge on any atom is -0.372 e. The number of pyridine rings is 2. The minimum absolute atomic E-state index is 0.159. The van der Waals surface area contributed by atoms with Crippen LogP contribution in [0.25, 0.3) is 11.0 Å². The van der Waals surface area contributed by atoms with E-state index in [0.29, 0.717) is 29.3 Å². The smallest absolute Gasteiger partial charge is 0.254 e. The second-order valence-corrected chi connectivity index (χ2v) is 11.8. The zero-order valence-electron chi connectivity index (χ0n) is 23.0. The molecule has 1 aliphatic heterocycles. The van der Waals surface area contributed by atoms with E-state index in [-0.39, 0.29) is 24.1 Å². The summed E-state index contributed by atoms with van der Waals surface area (Å²) in [5.41, 5.74) is 3.63. The Kier molecular flexibility index (Phi) is 7.98. The predicted molar refractivity (Wildman–Crippen MR) is 152 cm³/mol. The monoisotopic (exact) mass is 537 g/mol. The van der Waals surface area contributed by atoms with E-state index in [4.69, 9.17) is 9.72 Å². The van der Waals surface area contributed by atoms with Gasteiger partial charge in [0.1, 0.15) is 5.65 Å². The summed E-state index contributed by atoms with van der Waals surface area (Å²) in [6.45, 7) is 8.39. The number of H-pyrrole nitrogens is 1. The van der Waals surface area contributed by atoms with Gasteiger partial charge < -0.3 is 24.5 Å². The molecule has 1 saturated heterocycles. The number of ether oxygens (including phenoxy) is 1. The third-order valence-corrected chi connectivity index (χ3v) is 9.14. The first kappa shape index (κ1) is 27.0. The Balaban J connectivity index is 1.34. The molecule has 2 aliphatic rings. The van der Waals surface area contributed by atoms with Crippen LogP contribution in [0, 0.1) is 19.8 Å². The van der Waals surface area contributed by atoms with Crippen LogP contribution in [0.15, 0.2) is 34.1 Å². The maximum Gasteiger partial charge on any atom is 0.254 e. The number of hydrogen-bond acceptors (Lipinski definition) is 6. The Hall–Kier alpha value is -2.62. The van der Waals surface area contributed by atoms with Crippen molar-refractivity contribution in [2.24, 2.45) is 5.92 Å². The highest BCUT2D eigenvalue weighted by molar-refractivity contribution is 7.98. The molecule has 4 heterocycles. The predicted octanol–water partition coefficient (Wildman–Crippen LogP) is 4.44. The Morgan fingerprint density at radius 1 is 1.24 bits per heavy atom. The van der Waals surface area contributed by atoms with Crippen molar-refractivity contribution in [3.05, 3.63) is 57.3 Å². The number of amides is 1. The molecule has 1 amide bonds. The summed E-state index contributed by atoms with van der Waals surface area (Å²) < 4.78 is 8.57. The molecule has 1 atom stereocenters. The molecule has 1 aliphatic carbocycles. The SMILES string of the molecule is CSc1cc(C)[nH]c(=O)c1CNC(=O)c1c(C)n([C@H](C)C2CCC(OC3CN(C)C3)CC2)c2ncccc12. The van der Waals surface area contributed by atoms with Gasteiger partial charge in [-0.2, -0.15) is 0 Å². The van der Waals surface area contributed by atoms with Crippen LogP contribution in [0.1, 0.15) is 66.0 Å². The number of fused-ring (bicyclic) bond motifs is 1. The highest BCUT2D eigenvalue weighted by atomic mass is 32.2. The molecule has 3 aromatic rings. The molecule has 2 fully saturated rings. The number of likely N-dealkylation sites (N-methyl/N-ethyl adjacent to an activating group) is 1. The van der Waals surface area contributed by atoms with Crippen molar-refractivity contribution >= 4 is 28.7 Å². The summed E-state index contributed by atoms with van der Waals surface area (Å²) in [4.78, 5) is 36.9. The number of likely N-dealkylation sites (tertiary alicyclic amines) is 1. The van der Waals surface area contributed by atoms with Crippen molar-refractivity contribution in [1.29, 1.82) is 0 Å². The third-order valence-electron chi connectivity index (χ3n) is 8.33. The van der Waals surface area contributed by atoms with Crippen molar-refractivity contribution < 1.29 is 9.53 Å². The third kappa shape index (κ3) is 5.28. The summed E-state index contributed by atoms with van der Waals surface area (Å²) in [7, 11) is 2.13. The van der Waals surface area contributed by atoms with Gasteiger partial charge in [-0.3, -0.25) is 9.59 Å². The lowest BCUT2D eigenvalue weighted by atomic mass is 9.82. The molecule has 0 spiro atoms. The van der Waals surface area contributed by atoms with Gasteiger partial charge in [0, 0.05) is 59.1 Å². The van der Waals surface area contributed by atoms with E-state index in [2.05, 4.69) is 33.7 Å². The van der Waals surface area contributed by atoms with E-state index in [0.717, 1.165) is 66.1 Å². The van der Waals surface area contributed by atoms with Crippen molar-refractivity contribution in [3.8, 4) is 0 Å². The van der Waals surface area contributed by atoms with Crippen molar-refractivity contribution in [1.82, 2.24) is 24.8 Å². The molecule has 9 heteroatoms. The van der Waals surface area contributed by atoms with Crippen molar-refractivity contribution in [2.75, 3.05) is 26.4 Å². The van der Waals surface area contributed by atoms with E-state index in [9.17, 15) is 9.59 Å². The normalized spacial score (nSPS) is 21.4. The van der Waals surface area contributed by atoms with E-state index < -0.39 is 0 Å². The molecular weight excluding hydrogens is 498 g/mol. The van der Waals surface area contributed by atoms with E-state index in [1.807, 2.05) is 38.3 Å². The van der Waals surface area contributed by atoms with Gasteiger partial charge in [-0.25, -0.2) is 4.98 Å². The Morgan fingerprint density at radius 3 is 2.66 bits per heavy atom. The highest BCUT2D eigenvalue weighted by Gasteiger charge is 2.33. The summed E-state index contributed by atoms with van der Waals surface area (Å²) in [5, 5.41) is 3.87. The molecule has 3 aromatic heterocycles. The van der Waals surface area contributed by atoms with Crippen molar-refractivity contribution in [3.63, 3.8) is 0 Å². The Labute approximate surface area is 228 Å². The molecular formula is C29H39N5O3S. The van der Waals surface area contributed by atoms with Crippen LogP contribution in [0.5, 0.6) is 0 Å². The molecule has 0 unspecified atom stereocenters. The number of nitrogens with zero attached hydrogens (tertiary/aromatic N) is 3. The Morgan fingerprint density at radius 2 is 1.97 bits per heavy atom. The van der Waals surface area contributed by atoms with Gasteiger partial charge in [0.25, 0.3) is 11.5 Å². The number of rotatable bonds is 8. The molecule has 8 nitrogen and oxygen atoms in total. The van der Waals surface area contributed by atoms with E-state index >= 15 is 0 Å². The highest BCUT2D eigenvalue weighted by Crippen LogP contribution is 2.38. The van der Waals surface area contributed by atoms with E-state index in [1.165, 1.54) is 11.8 Å². The number of nitrogens with one attached hydrogen (secondary N) is 2. The van der Waals surface area contributed by atoms with Gasteiger partial charge >= 0.3 is 0 Å².